The van der Waals surface area contributed by atoms with Crippen LogP contribution in [-0.2, 0) is 14.3 Å². The van der Waals surface area contributed by atoms with Crippen molar-refractivity contribution in [1.29, 1.82) is 0 Å². The molecule has 0 aliphatic carbocycles. The summed E-state index contributed by atoms with van der Waals surface area (Å²) in [6, 6.07) is 6.62. The van der Waals surface area contributed by atoms with Crippen LogP contribution in [-0.4, -0.2) is 55.0 Å². The van der Waals surface area contributed by atoms with Crippen LogP contribution in [0, 0.1) is 0 Å². The maximum atomic E-state index is 13.1. The van der Waals surface area contributed by atoms with Crippen LogP contribution in [0.1, 0.15) is 16.8 Å². The number of hydrogen-bond acceptors (Lipinski definition) is 5. The summed E-state index contributed by atoms with van der Waals surface area (Å²) in [5.41, 5.74) is 2.96. The first-order valence-electron chi connectivity index (χ1n) is 8.63. The van der Waals surface area contributed by atoms with Crippen molar-refractivity contribution in [2.75, 3.05) is 25.6 Å². The minimum Gasteiger partial charge on any atom is -0.375 e. The molecule has 1 aromatic heterocycles. The Balaban J connectivity index is 1.61. The molecule has 1 saturated heterocycles. The van der Waals surface area contributed by atoms with E-state index in [9.17, 15) is 14.4 Å². The van der Waals surface area contributed by atoms with E-state index in [-0.39, 0.29) is 30.4 Å². The highest BCUT2D eigenvalue weighted by atomic mass is 32.1. The fraction of sp³-hybridized carbons (Fsp3) is 0.316. The van der Waals surface area contributed by atoms with E-state index in [1.165, 1.54) is 7.11 Å². The van der Waals surface area contributed by atoms with E-state index < -0.39 is 6.04 Å². The fourth-order valence-electron chi connectivity index (χ4n) is 3.62. The third kappa shape index (κ3) is 3.33. The summed E-state index contributed by atoms with van der Waals surface area (Å²) < 4.78 is 4.82. The zero-order chi connectivity index (χ0) is 19.0. The Labute approximate surface area is 160 Å². The van der Waals surface area contributed by atoms with E-state index in [4.69, 9.17) is 4.74 Å². The van der Waals surface area contributed by atoms with Crippen molar-refractivity contribution in [3.05, 3.63) is 40.6 Å². The third-order valence-electron chi connectivity index (χ3n) is 4.87. The second-order valence-corrected chi connectivity index (χ2v) is 7.45. The largest absolute Gasteiger partial charge is 0.375 e. The quantitative estimate of drug-likeness (QED) is 0.839. The Bertz CT molecular complexity index is 896. The third-order valence-corrected chi connectivity index (χ3v) is 5.55. The van der Waals surface area contributed by atoms with Gasteiger partial charge in [-0.2, -0.15) is 11.3 Å². The summed E-state index contributed by atoms with van der Waals surface area (Å²) in [5.74, 6) is -0.684. The number of ether oxygens (including phenoxy) is 1. The van der Waals surface area contributed by atoms with Gasteiger partial charge in [-0.1, -0.05) is 6.07 Å². The number of fused-ring (bicyclic) bond motifs is 2. The van der Waals surface area contributed by atoms with Gasteiger partial charge in [-0.15, -0.1) is 0 Å². The number of thiophene rings is 1. The predicted octanol–water partition coefficient (Wildman–Crippen LogP) is 1.71. The molecular weight excluding hydrogens is 366 g/mol. The van der Waals surface area contributed by atoms with E-state index in [1.807, 2.05) is 29.0 Å². The highest BCUT2D eigenvalue weighted by Gasteiger charge is 2.43. The number of benzene rings is 1. The molecule has 4 rings (SSSR count). The molecule has 1 fully saturated rings. The monoisotopic (exact) mass is 385 g/mol. The van der Waals surface area contributed by atoms with Gasteiger partial charge in [0.05, 0.1) is 11.3 Å². The molecule has 3 heterocycles. The molecule has 0 unspecified atom stereocenters. The minimum atomic E-state index is -0.595. The normalized spacial score (nSPS) is 21.3. The SMILES string of the molecule is COCC(=O)N[C@H]1C[C@H]2C(=O)Nc3ccc(-c4ccsc4)cc3C(=O)N2C1. The molecule has 0 saturated carbocycles. The van der Waals surface area contributed by atoms with E-state index in [2.05, 4.69) is 10.6 Å². The first-order chi connectivity index (χ1) is 13.1. The van der Waals surface area contributed by atoms with E-state index in [0.29, 0.717) is 24.2 Å². The number of carbonyl (C=O) groups excluding carboxylic acids is 3. The molecule has 0 spiro atoms. The molecule has 2 aliphatic rings. The van der Waals surface area contributed by atoms with E-state index in [1.54, 1.807) is 22.3 Å². The summed E-state index contributed by atoms with van der Waals surface area (Å²) in [6.45, 7) is 0.253. The van der Waals surface area contributed by atoms with Crippen molar-refractivity contribution in [2.45, 2.75) is 18.5 Å². The molecule has 140 valence electrons. The number of anilines is 1. The van der Waals surface area contributed by atoms with Gasteiger partial charge in [0.2, 0.25) is 11.8 Å². The Hall–Kier alpha value is -2.71. The van der Waals surface area contributed by atoms with Crippen LogP contribution in [0.3, 0.4) is 0 Å². The van der Waals surface area contributed by atoms with Gasteiger partial charge in [-0.25, -0.2) is 0 Å². The van der Waals surface area contributed by atoms with Crippen LogP contribution in [0.25, 0.3) is 11.1 Å². The van der Waals surface area contributed by atoms with Crippen LogP contribution in [0.5, 0.6) is 0 Å². The number of amides is 3. The van der Waals surface area contributed by atoms with E-state index in [0.717, 1.165) is 11.1 Å². The molecular formula is C19H19N3O4S. The lowest BCUT2D eigenvalue weighted by molar-refractivity contribution is -0.125. The van der Waals surface area contributed by atoms with Gasteiger partial charge < -0.3 is 20.3 Å². The van der Waals surface area contributed by atoms with Crippen LogP contribution in [0.15, 0.2) is 35.0 Å². The molecule has 1 aromatic carbocycles. The van der Waals surface area contributed by atoms with Crippen molar-refractivity contribution in [1.82, 2.24) is 10.2 Å². The van der Waals surface area contributed by atoms with Crippen LogP contribution in [0.4, 0.5) is 5.69 Å². The first kappa shape index (κ1) is 17.7. The molecule has 8 heteroatoms. The van der Waals surface area contributed by atoms with Crippen molar-refractivity contribution in [2.24, 2.45) is 0 Å². The number of rotatable bonds is 4. The molecule has 2 aliphatic heterocycles. The molecule has 2 aromatic rings. The second kappa shape index (κ2) is 7.13. The average molecular weight is 385 g/mol. The summed E-state index contributed by atoms with van der Waals surface area (Å²) in [4.78, 5) is 39.1. The maximum Gasteiger partial charge on any atom is 0.256 e. The summed E-state index contributed by atoms with van der Waals surface area (Å²) in [7, 11) is 1.45. The zero-order valence-corrected chi connectivity index (χ0v) is 15.5. The smallest absolute Gasteiger partial charge is 0.256 e. The van der Waals surface area contributed by atoms with Gasteiger partial charge in [0.25, 0.3) is 5.91 Å². The Morgan fingerprint density at radius 2 is 2.19 bits per heavy atom. The van der Waals surface area contributed by atoms with Gasteiger partial charge in [0.1, 0.15) is 12.6 Å². The summed E-state index contributed by atoms with van der Waals surface area (Å²) >= 11 is 1.59. The van der Waals surface area contributed by atoms with Crippen molar-refractivity contribution < 1.29 is 19.1 Å². The molecule has 7 nitrogen and oxygen atoms in total. The molecule has 2 N–H and O–H groups in total. The lowest BCUT2D eigenvalue weighted by Gasteiger charge is -2.20. The lowest BCUT2D eigenvalue weighted by Crippen LogP contribution is -2.41. The highest BCUT2D eigenvalue weighted by Crippen LogP contribution is 2.32. The van der Waals surface area contributed by atoms with Gasteiger partial charge >= 0.3 is 0 Å². The van der Waals surface area contributed by atoms with Gasteiger partial charge in [0, 0.05) is 19.7 Å². The van der Waals surface area contributed by atoms with Gasteiger partial charge in [0.15, 0.2) is 0 Å². The van der Waals surface area contributed by atoms with Gasteiger partial charge in [-0.3, -0.25) is 14.4 Å². The summed E-state index contributed by atoms with van der Waals surface area (Å²) in [6.07, 6.45) is 0.387. The van der Waals surface area contributed by atoms with Crippen LogP contribution < -0.4 is 10.6 Å². The number of nitrogens with zero attached hydrogens (tertiary/aromatic N) is 1. The van der Waals surface area contributed by atoms with Crippen molar-refractivity contribution >= 4 is 34.7 Å². The molecule has 2 atom stereocenters. The number of carbonyl (C=O) groups is 3. The lowest BCUT2D eigenvalue weighted by atomic mass is 10.0. The summed E-state index contributed by atoms with van der Waals surface area (Å²) in [5, 5.41) is 9.67. The Morgan fingerprint density at radius 3 is 2.93 bits per heavy atom. The zero-order valence-electron chi connectivity index (χ0n) is 14.7. The Kier molecular flexibility index (Phi) is 4.67. The van der Waals surface area contributed by atoms with Crippen molar-refractivity contribution in [3.8, 4) is 11.1 Å². The van der Waals surface area contributed by atoms with Gasteiger partial charge in [-0.05, 0) is 46.5 Å². The van der Waals surface area contributed by atoms with E-state index >= 15 is 0 Å². The predicted molar refractivity (Wildman–Crippen MR) is 102 cm³/mol. The second-order valence-electron chi connectivity index (χ2n) is 6.67. The maximum absolute atomic E-state index is 13.1. The molecule has 27 heavy (non-hydrogen) atoms. The molecule has 3 amide bonds. The first-order valence-corrected chi connectivity index (χ1v) is 9.58. The topological polar surface area (TPSA) is 87.7 Å². The standard InChI is InChI=1S/C19H19N3O4S/c1-26-9-17(23)20-13-7-16-18(24)21-15-3-2-11(12-4-5-27-10-12)6-14(15)19(25)22(16)8-13/h2-6,10,13,16H,7-9H2,1H3,(H,20,23)(H,21,24)/t13-,16-/m0/s1. The van der Waals surface area contributed by atoms with Crippen molar-refractivity contribution in [3.63, 3.8) is 0 Å². The number of hydrogen-bond donors (Lipinski definition) is 2. The highest BCUT2D eigenvalue weighted by molar-refractivity contribution is 7.08. The number of methoxy groups -OCH3 is 1. The van der Waals surface area contributed by atoms with Crippen LogP contribution in [0.2, 0.25) is 0 Å². The minimum absolute atomic E-state index is 0.0475. The average Bonchev–Trinajstić information content (AvgIpc) is 3.30. The molecule has 0 bridgehead atoms. The molecule has 0 radical (unpaired) electrons. The van der Waals surface area contributed by atoms with Crippen LogP contribution >= 0.6 is 11.3 Å². The number of nitrogens with one attached hydrogen (secondary N) is 2. The fourth-order valence-corrected chi connectivity index (χ4v) is 4.29. The Morgan fingerprint density at radius 1 is 1.33 bits per heavy atom.